The topological polar surface area (TPSA) is 216 Å². The van der Waals surface area contributed by atoms with Crippen LogP contribution in [0.3, 0.4) is 0 Å². The van der Waals surface area contributed by atoms with Gasteiger partial charge in [0.25, 0.3) is 0 Å². The van der Waals surface area contributed by atoms with E-state index in [1.54, 1.807) is 40.6 Å². The van der Waals surface area contributed by atoms with E-state index in [1.165, 1.54) is 4.90 Å². The first-order chi connectivity index (χ1) is 41.2. The lowest BCUT2D eigenvalue weighted by Gasteiger charge is -2.36. The molecule has 448 valence electrons. The maximum atomic E-state index is 17.3. The van der Waals surface area contributed by atoms with Crippen LogP contribution >= 0.6 is 11.3 Å². The van der Waals surface area contributed by atoms with Gasteiger partial charge in [-0.15, -0.1) is 11.3 Å². The minimum Gasteiger partial charge on any atom is -0.508 e. The molecule has 3 N–H and O–H groups in total. The van der Waals surface area contributed by atoms with Crippen molar-refractivity contribution in [2.45, 2.75) is 135 Å². The van der Waals surface area contributed by atoms with Gasteiger partial charge in [0.15, 0.2) is 17.4 Å². The molecule has 5 saturated heterocycles. The predicted octanol–water partition coefficient (Wildman–Crippen LogP) is 9.97. The second-order valence-corrected chi connectivity index (χ2v) is 25.0. The highest BCUT2D eigenvalue weighted by atomic mass is 32.1. The molecule has 0 bridgehead atoms. The summed E-state index contributed by atoms with van der Waals surface area (Å²) in [5.41, 5.74) is 6.19. The number of ether oxygens (including phenoxy) is 2. The van der Waals surface area contributed by atoms with Gasteiger partial charge >= 0.3 is 12.1 Å². The van der Waals surface area contributed by atoms with Crippen molar-refractivity contribution in [3.63, 3.8) is 0 Å². The number of aromatic nitrogens is 5. The van der Waals surface area contributed by atoms with Crippen LogP contribution in [0.1, 0.15) is 120 Å². The molecule has 0 unspecified atom stereocenters. The van der Waals surface area contributed by atoms with Gasteiger partial charge in [-0.05, 0) is 111 Å². The van der Waals surface area contributed by atoms with E-state index in [0.717, 1.165) is 115 Å². The summed E-state index contributed by atoms with van der Waals surface area (Å²) >= 11 is 1.58. The number of β-amino-alcohol motifs (C(OH)–C–C–N with tert-alkyl or cyclic N) is 1. The Bertz CT molecular complexity index is 3580. The summed E-state index contributed by atoms with van der Waals surface area (Å²) in [6, 6.07) is 17.8. The smallest absolute Gasteiger partial charge is 0.409 e. The Hall–Kier alpha value is -7.49. The molecule has 4 aromatic heterocycles. The quantitative estimate of drug-likeness (QED) is 0.0820. The van der Waals surface area contributed by atoms with Crippen molar-refractivity contribution in [1.82, 2.24) is 45.1 Å². The van der Waals surface area contributed by atoms with Crippen molar-refractivity contribution in [1.29, 1.82) is 0 Å². The molecular weight excluding hydrogens is 1100 g/mol. The van der Waals surface area contributed by atoms with E-state index in [2.05, 4.69) is 32.2 Å². The van der Waals surface area contributed by atoms with Gasteiger partial charge in [-0.3, -0.25) is 19.5 Å². The van der Waals surface area contributed by atoms with E-state index < -0.39 is 23.9 Å². The van der Waals surface area contributed by atoms with E-state index in [0.29, 0.717) is 61.1 Å². The largest absolute Gasteiger partial charge is 0.508 e. The van der Waals surface area contributed by atoms with E-state index in [9.17, 15) is 24.6 Å². The lowest BCUT2D eigenvalue weighted by Crippen LogP contribution is -2.50. The van der Waals surface area contributed by atoms with Crippen LogP contribution in [-0.2, 0) is 20.7 Å². The van der Waals surface area contributed by atoms with E-state index in [1.807, 2.05) is 80.6 Å². The van der Waals surface area contributed by atoms with Crippen molar-refractivity contribution < 1.29 is 43.0 Å². The summed E-state index contributed by atoms with van der Waals surface area (Å²) < 4.78 is 35.9. The molecular formula is C64H76FN11O8S. The molecule has 3 amide bonds. The molecule has 0 saturated carbocycles. The average Bonchev–Trinajstić information content (AvgIpc) is 2.80. The Morgan fingerprint density at radius 1 is 0.918 bits per heavy atom. The Morgan fingerprint density at radius 3 is 2.45 bits per heavy atom. The SMILES string of the molecule is CCc1cccc2cc(O)cc(-c3ncc4c(N5CCCCCC5)nc(OC[C@]56CCCN5[C@H](COC(=O)N5CCN(c7cc([C@H](C(=O)N8C[C@H](O)C[C@H]8C(=O)N[C@@H](C)c8ccc(-c9scnc9C)cc8)C(C)C)on7)CC5)CC6)nc4c3F)c12. The molecule has 9 heterocycles. The Morgan fingerprint density at radius 2 is 1.71 bits per heavy atom. The van der Waals surface area contributed by atoms with Gasteiger partial charge in [-0.1, -0.05) is 81.2 Å². The first-order valence-electron chi connectivity index (χ1n) is 30.3. The summed E-state index contributed by atoms with van der Waals surface area (Å²) in [6.07, 6.45) is 8.95. The molecule has 85 heavy (non-hydrogen) atoms. The summed E-state index contributed by atoms with van der Waals surface area (Å²) in [5, 5.41) is 31.3. The minimum atomic E-state index is -0.864. The normalized spacial score (nSPS) is 21.9. The van der Waals surface area contributed by atoms with Crippen molar-refractivity contribution >= 4 is 62.6 Å². The van der Waals surface area contributed by atoms with Crippen molar-refractivity contribution in [2.75, 3.05) is 75.4 Å². The number of aliphatic hydroxyl groups is 1. The second-order valence-electron chi connectivity index (χ2n) is 24.2. The number of hydrogen-bond acceptors (Lipinski definition) is 17. The number of benzene rings is 3. The number of fused-ring (bicyclic) bond motifs is 3. The van der Waals surface area contributed by atoms with Crippen LogP contribution in [-0.4, -0.2) is 157 Å². The minimum absolute atomic E-state index is 0.0115. The number of carbonyl (C=O) groups is 3. The lowest BCUT2D eigenvalue weighted by molar-refractivity contribution is -0.141. The first-order valence-corrected chi connectivity index (χ1v) is 31.2. The number of likely N-dealkylation sites (tertiary alicyclic amines) is 1. The van der Waals surface area contributed by atoms with Crippen LogP contribution in [0.2, 0.25) is 0 Å². The summed E-state index contributed by atoms with van der Waals surface area (Å²) in [7, 11) is 0. The number of aromatic hydroxyl groups is 1. The third kappa shape index (κ3) is 11.6. The van der Waals surface area contributed by atoms with Gasteiger partial charge in [0.1, 0.15) is 48.0 Å². The number of phenols is 1. The van der Waals surface area contributed by atoms with E-state index >= 15 is 4.39 Å². The van der Waals surface area contributed by atoms with Crippen LogP contribution in [0.25, 0.3) is 43.4 Å². The van der Waals surface area contributed by atoms with Crippen LogP contribution in [0.5, 0.6) is 11.8 Å². The zero-order valence-corrected chi connectivity index (χ0v) is 50.0. The molecule has 3 aromatic carbocycles. The number of rotatable bonds is 16. The molecule has 21 heteroatoms. The summed E-state index contributed by atoms with van der Waals surface area (Å²) in [4.78, 5) is 71.9. The monoisotopic (exact) mass is 1180 g/mol. The van der Waals surface area contributed by atoms with Gasteiger partial charge < -0.3 is 49.1 Å². The van der Waals surface area contributed by atoms with Gasteiger partial charge in [0.2, 0.25) is 11.8 Å². The number of nitrogens with one attached hydrogen (secondary N) is 1. The van der Waals surface area contributed by atoms with E-state index in [4.69, 9.17) is 28.9 Å². The summed E-state index contributed by atoms with van der Waals surface area (Å²) in [5.74, 6) is -0.660. The predicted molar refractivity (Wildman–Crippen MR) is 323 cm³/mol. The number of hydrogen-bond donors (Lipinski definition) is 3. The Balaban J connectivity index is 0.665. The van der Waals surface area contributed by atoms with Crippen molar-refractivity contribution in [2.24, 2.45) is 5.92 Å². The average molecular weight is 1180 g/mol. The Kier molecular flexibility index (Phi) is 16.7. The standard InChI is InChI=1S/C64H76FN11O8S/c1-6-41-13-11-14-44-29-46(77)30-48(54(41)44)56-55(65)57-49(33-66-56)59(73-22-9-7-8-10-23-73)70-62(69-57)83-36-64-20-12-24-76(64)45(19-21-64)35-82-63(81)74-27-25-72(26-28-74)52-32-51(84-71-52)53(38(2)3)61(80)75-34-47(78)31-50(75)60(79)68-39(4)42-15-17-43(18-16-42)58-40(5)67-37-85-58/h11,13-18,29-30,32-33,37-39,45,47,50,53,77-78H,6-10,12,19-28,31,34-36H2,1-5H3,(H,68,79)/t39-,45-,47+,50-,53+,64+/m0/s1. The highest BCUT2D eigenvalue weighted by molar-refractivity contribution is 7.13. The molecule has 5 aliphatic heterocycles. The number of aryl methyl sites for hydroxylation is 2. The number of carbonyl (C=O) groups excluding carboxylic acids is 3. The molecule has 6 atom stereocenters. The van der Waals surface area contributed by atoms with Gasteiger partial charge in [0, 0.05) is 76.1 Å². The number of pyridine rings is 1. The zero-order chi connectivity index (χ0) is 59.1. The third-order valence-electron chi connectivity index (χ3n) is 18.4. The van der Waals surface area contributed by atoms with Gasteiger partial charge in [0.05, 0.1) is 39.2 Å². The van der Waals surface area contributed by atoms with Crippen LogP contribution in [0.15, 0.2) is 76.9 Å². The number of amides is 3. The molecule has 0 spiro atoms. The number of phenolic OH excluding ortho intramolecular Hbond substituents is 1. The molecule has 0 aliphatic carbocycles. The molecule has 19 nitrogen and oxygen atoms in total. The fourth-order valence-electron chi connectivity index (χ4n) is 13.8. The molecule has 0 radical (unpaired) electrons. The maximum absolute atomic E-state index is 17.3. The van der Waals surface area contributed by atoms with Gasteiger partial charge in [-0.25, -0.2) is 14.2 Å². The van der Waals surface area contributed by atoms with Crippen molar-refractivity contribution in [3.05, 3.63) is 101 Å². The highest BCUT2D eigenvalue weighted by Crippen LogP contribution is 2.44. The van der Waals surface area contributed by atoms with Crippen molar-refractivity contribution in [3.8, 4) is 33.5 Å². The number of thiazole rings is 1. The van der Waals surface area contributed by atoms with Gasteiger partial charge in [-0.2, -0.15) is 9.97 Å². The molecule has 7 aromatic rings. The second kappa shape index (κ2) is 24.5. The highest BCUT2D eigenvalue weighted by Gasteiger charge is 2.51. The zero-order valence-electron chi connectivity index (χ0n) is 49.1. The van der Waals surface area contributed by atoms with Crippen LogP contribution < -0.4 is 19.9 Å². The van der Waals surface area contributed by atoms with Crippen LogP contribution in [0, 0.1) is 18.7 Å². The fraction of sp³-hybridized carbons (Fsp3) is 0.500. The lowest BCUT2D eigenvalue weighted by atomic mass is 9.91. The van der Waals surface area contributed by atoms with E-state index in [-0.39, 0.29) is 84.0 Å². The summed E-state index contributed by atoms with van der Waals surface area (Å²) in [6.45, 7) is 14.4. The molecule has 5 fully saturated rings. The number of piperazine rings is 1. The third-order valence-corrected chi connectivity index (χ3v) is 19.4. The molecule has 5 aliphatic rings. The molecule has 12 rings (SSSR count). The number of nitrogens with zero attached hydrogens (tertiary/aromatic N) is 10. The first kappa shape index (κ1) is 57.9. The van der Waals surface area contributed by atoms with Crippen LogP contribution in [0.4, 0.5) is 20.8 Å². The maximum Gasteiger partial charge on any atom is 0.409 e. The number of halogens is 1. The fourth-order valence-corrected chi connectivity index (χ4v) is 14.6. The number of anilines is 2. The number of aliphatic hydroxyl groups excluding tert-OH is 1. The Labute approximate surface area is 498 Å².